The molecule has 0 saturated carbocycles. The van der Waals surface area contributed by atoms with Gasteiger partial charge in [0.1, 0.15) is 10.6 Å². The Morgan fingerprint density at radius 1 is 0.946 bits per heavy atom. The van der Waals surface area contributed by atoms with Gasteiger partial charge in [-0.1, -0.05) is 76.6 Å². The van der Waals surface area contributed by atoms with Crippen molar-refractivity contribution in [3.8, 4) is 22.4 Å². The molecule has 0 bridgehead atoms. The van der Waals surface area contributed by atoms with E-state index in [0.29, 0.717) is 32.7 Å². The van der Waals surface area contributed by atoms with Crippen molar-refractivity contribution in [1.82, 2.24) is 4.98 Å². The van der Waals surface area contributed by atoms with Crippen molar-refractivity contribution in [2.45, 2.75) is 13.8 Å². The first-order valence-electron chi connectivity index (χ1n) is 11.8. The van der Waals surface area contributed by atoms with Gasteiger partial charge in [0, 0.05) is 25.9 Å². The number of hydrogen-bond acceptors (Lipinski definition) is 5. The molecule has 0 aliphatic rings. The number of aryl methyl sites for hydroxylation is 1. The Bertz CT molecular complexity index is 1620. The standard InChI is InChI=1S/C30H23BrN2O3S/c1-3-36-30(35)27-26(20-12-8-5-9-13-20)18(2)37-29(27)33-28(34)23-17-25(19-10-6-4-7-11-19)32-24-15-14-21(31)16-22(23)24/h4-17H,3H2,1-2H3,(H,33,34). The average Bonchev–Trinajstić information content (AvgIpc) is 3.24. The summed E-state index contributed by atoms with van der Waals surface area (Å²) in [5.74, 6) is -0.789. The van der Waals surface area contributed by atoms with Crippen molar-refractivity contribution in [2.75, 3.05) is 11.9 Å². The van der Waals surface area contributed by atoms with E-state index in [0.717, 1.165) is 26.0 Å². The predicted molar refractivity (Wildman–Crippen MR) is 153 cm³/mol. The van der Waals surface area contributed by atoms with Crippen LogP contribution in [0.3, 0.4) is 0 Å². The molecule has 2 aromatic heterocycles. The summed E-state index contributed by atoms with van der Waals surface area (Å²) in [5.41, 5.74) is 4.80. The van der Waals surface area contributed by atoms with Gasteiger partial charge in [-0.3, -0.25) is 4.79 Å². The van der Waals surface area contributed by atoms with E-state index in [-0.39, 0.29) is 12.5 Å². The Hall–Kier alpha value is -3.81. The molecule has 1 N–H and O–H groups in total. The summed E-state index contributed by atoms with van der Waals surface area (Å²) in [6, 6.07) is 26.9. The van der Waals surface area contributed by atoms with E-state index in [4.69, 9.17) is 9.72 Å². The van der Waals surface area contributed by atoms with E-state index < -0.39 is 5.97 Å². The van der Waals surface area contributed by atoms with Gasteiger partial charge in [0.15, 0.2) is 0 Å². The van der Waals surface area contributed by atoms with Gasteiger partial charge in [0.2, 0.25) is 0 Å². The zero-order valence-electron chi connectivity index (χ0n) is 20.2. The minimum Gasteiger partial charge on any atom is -0.462 e. The first-order valence-corrected chi connectivity index (χ1v) is 13.4. The maximum absolute atomic E-state index is 13.8. The molecule has 0 saturated heterocycles. The fourth-order valence-corrected chi connectivity index (χ4v) is 5.72. The molecule has 0 atom stereocenters. The second-order valence-corrected chi connectivity index (χ2v) is 10.5. The summed E-state index contributed by atoms with van der Waals surface area (Å²) in [5, 5.41) is 4.19. The van der Waals surface area contributed by atoms with E-state index in [2.05, 4.69) is 21.2 Å². The quantitative estimate of drug-likeness (QED) is 0.209. The summed E-state index contributed by atoms with van der Waals surface area (Å²) >= 11 is 4.88. The highest BCUT2D eigenvalue weighted by Crippen LogP contribution is 2.41. The van der Waals surface area contributed by atoms with Crippen LogP contribution in [0, 0.1) is 6.92 Å². The van der Waals surface area contributed by atoms with E-state index in [1.165, 1.54) is 11.3 Å². The topological polar surface area (TPSA) is 68.3 Å². The first-order chi connectivity index (χ1) is 18.0. The van der Waals surface area contributed by atoms with Gasteiger partial charge in [-0.15, -0.1) is 11.3 Å². The molecule has 5 aromatic rings. The number of anilines is 1. The fraction of sp³-hybridized carbons (Fsp3) is 0.100. The van der Waals surface area contributed by atoms with Crippen molar-refractivity contribution >= 4 is 55.0 Å². The van der Waals surface area contributed by atoms with Crippen LogP contribution in [-0.2, 0) is 4.74 Å². The summed E-state index contributed by atoms with van der Waals surface area (Å²) < 4.78 is 6.24. The highest BCUT2D eigenvalue weighted by Gasteiger charge is 2.26. The van der Waals surface area contributed by atoms with Crippen LogP contribution in [0.15, 0.2) is 89.4 Å². The monoisotopic (exact) mass is 570 g/mol. The van der Waals surface area contributed by atoms with Crippen LogP contribution in [0.2, 0.25) is 0 Å². The third kappa shape index (κ3) is 5.05. The lowest BCUT2D eigenvalue weighted by molar-refractivity contribution is 0.0529. The van der Waals surface area contributed by atoms with Crippen molar-refractivity contribution < 1.29 is 14.3 Å². The zero-order valence-corrected chi connectivity index (χ0v) is 22.7. The van der Waals surface area contributed by atoms with E-state index >= 15 is 0 Å². The Kier molecular flexibility index (Phi) is 7.17. The molecule has 5 nitrogen and oxygen atoms in total. The number of carbonyl (C=O) groups is 2. The number of amides is 1. The highest BCUT2D eigenvalue weighted by molar-refractivity contribution is 9.10. The Balaban J connectivity index is 1.63. The summed E-state index contributed by atoms with van der Waals surface area (Å²) in [6.45, 7) is 3.94. The number of pyridine rings is 1. The number of halogens is 1. The number of fused-ring (bicyclic) bond motifs is 1. The SMILES string of the molecule is CCOC(=O)c1c(NC(=O)c2cc(-c3ccccc3)nc3ccc(Br)cc23)sc(C)c1-c1ccccc1. The fourth-order valence-electron chi connectivity index (χ4n) is 4.30. The number of thiophene rings is 1. The Morgan fingerprint density at radius 2 is 1.62 bits per heavy atom. The number of hydrogen-bond donors (Lipinski definition) is 1. The molecule has 184 valence electrons. The number of nitrogens with one attached hydrogen (secondary N) is 1. The minimum atomic E-state index is -0.465. The lowest BCUT2D eigenvalue weighted by Crippen LogP contribution is -2.15. The minimum absolute atomic E-state index is 0.235. The van der Waals surface area contributed by atoms with Gasteiger partial charge >= 0.3 is 5.97 Å². The summed E-state index contributed by atoms with van der Waals surface area (Å²) in [6.07, 6.45) is 0. The molecule has 0 radical (unpaired) electrons. The number of benzene rings is 3. The molecule has 2 heterocycles. The molecule has 1 amide bonds. The van der Waals surface area contributed by atoms with Crippen LogP contribution in [0.4, 0.5) is 5.00 Å². The van der Waals surface area contributed by atoms with E-state index in [1.807, 2.05) is 85.8 Å². The van der Waals surface area contributed by atoms with Gasteiger partial charge in [0.05, 0.1) is 23.4 Å². The van der Waals surface area contributed by atoms with Crippen LogP contribution >= 0.6 is 27.3 Å². The molecule has 0 spiro atoms. The van der Waals surface area contributed by atoms with Crippen molar-refractivity contribution in [3.63, 3.8) is 0 Å². The molecule has 37 heavy (non-hydrogen) atoms. The second kappa shape index (κ2) is 10.7. The van der Waals surface area contributed by atoms with E-state index in [1.54, 1.807) is 13.0 Å². The number of ether oxygens (including phenoxy) is 1. The third-order valence-corrected chi connectivity index (χ3v) is 7.45. The second-order valence-electron chi connectivity index (χ2n) is 8.36. The molecule has 0 fully saturated rings. The average molecular weight is 571 g/mol. The lowest BCUT2D eigenvalue weighted by Gasteiger charge is -2.12. The molecule has 0 unspecified atom stereocenters. The Morgan fingerprint density at radius 3 is 2.30 bits per heavy atom. The lowest BCUT2D eigenvalue weighted by atomic mass is 10.0. The number of nitrogens with zero attached hydrogens (tertiary/aromatic N) is 1. The van der Waals surface area contributed by atoms with Crippen LogP contribution in [-0.4, -0.2) is 23.5 Å². The number of esters is 1. The van der Waals surface area contributed by atoms with Crippen LogP contribution < -0.4 is 5.32 Å². The molecular formula is C30H23BrN2O3S. The van der Waals surface area contributed by atoms with Crippen molar-refractivity contribution in [3.05, 3.63) is 105 Å². The maximum atomic E-state index is 13.8. The van der Waals surface area contributed by atoms with Crippen LogP contribution in [0.1, 0.15) is 32.5 Å². The van der Waals surface area contributed by atoms with Gasteiger partial charge < -0.3 is 10.1 Å². The molecule has 3 aromatic carbocycles. The number of carbonyl (C=O) groups excluding carboxylic acids is 2. The number of rotatable bonds is 6. The normalized spacial score (nSPS) is 10.9. The molecule has 0 aliphatic heterocycles. The summed E-state index contributed by atoms with van der Waals surface area (Å²) in [7, 11) is 0. The molecule has 5 rings (SSSR count). The smallest absolute Gasteiger partial charge is 0.341 e. The van der Waals surface area contributed by atoms with Crippen molar-refractivity contribution in [2.24, 2.45) is 0 Å². The largest absolute Gasteiger partial charge is 0.462 e. The third-order valence-electron chi connectivity index (χ3n) is 5.94. The maximum Gasteiger partial charge on any atom is 0.341 e. The molecule has 0 aliphatic carbocycles. The zero-order chi connectivity index (χ0) is 25.9. The Labute approximate surface area is 227 Å². The predicted octanol–water partition coefficient (Wildman–Crippen LogP) is 8.13. The van der Waals surface area contributed by atoms with E-state index in [9.17, 15) is 9.59 Å². The summed E-state index contributed by atoms with van der Waals surface area (Å²) in [4.78, 5) is 32.6. The van der Waals surface area contributed by atoms with Gasteiger partial charge in [-0.05, 0) is 43.7 Å². The molecule has 7 heteroatoms. The van der Waals surface area contributed by atoms with Gasteiger partial charge in [-0.25, -0.2) is 9.78 Å². The van der Waals surface area contributed by atoms with Crippen LogP contribution in [0.25, 0.3) is 33.3 Å². The molecular weight excluding hydrogens is 548 g/mol. The number of aromatic nitrogens is 1. The van der Waals surface area contributed by atoms with Crippen LogP contribution in [0.5, 0.6) is 0 Å². The van der Waals surface area contributed by atoms with Crippen molar-refractivity contribution in [1.29, 1.82) is 0 Å². The van der Waals surface area contributed by atoms with Gasteiger partial charge in [-0.2, -0.15) is 0 Å². The first kappa shape index (κ1) is 24.9. The van der Waals surface area contributed by atoms with Gasteiger partial charge in [0.25, 0.3) is 5.91 Å². The highest BCUT2D eigenvalue weighted by atomic mass is 79.9.